The molecule has 0 radical (unpaired) electrons. The SMILES string of the molecule is COc1ccc(F)cc1C(CO)OCCC#N. The molecule has 1 N–H and O–H groups in total. The number of hydrogen-bond acceptors (Lipinski definition) is 4. The minimum Gasteiger partial charge on any atom is -0.496 e. The zero-order valence-electron chi connectivity index (χ0n) is 9.52. The Hall–Kier alpha value is -1.64. The van der Waals surface area contributed by atoms with Crippen LogP contribution in [-0.4, -0.2) is 25.4 Å². The van der Waals surface area contributed by atoms with E-state index in [0.29, 0.717) is 11.3 Å². The van der Waals surface area contributed by atoms with Gasteiger partial charge in [0.25, 0.3) is 0 Å². The molecule has 0 amide bonds. The molecule has 0 aliphatic carbocycles. The fourth-order valence-corrected chi connectivity index (χ4v) is 1.44. The largest absolute Gasteiger partial charge is 0.496 e. The van der Waals surface area contributed by atoms with Crippen molar-refractivity contribution in [2.24, 2.45) is 0 Å². The van der Waals surface area contributed by atoms with Crippen LogP contribution in [0.2, 0.25) is 0 Å². The summed E-state index contributed by atoms with van der Waals surface area (Å²) in [5.74, 6) is 0.0190. The van der Waals surface area contributed by atoms with Gasteiger partial charge in [0.15, 0.2) is 0 Å². The lowest BCUT2D eigenvalue weighted by Gasteiger charge is -2.18. The van der Waals surface area contributed by atoms with Gasteiger partial charge < -0.3 is 14.6 Å². The van der Waals surface area contributed by atoms with Gasteiger partial charge in [0, 0.05) is 5.56 Å². The van der Waals surface area contributed by atoms with E-state index in [0.717, 1.165) is 0 Å². The Kier molecular flexibility index (Phi) is 5.40. The van der Waals surface area contributed by atoms with Crippen LogP contribution in [0.5, 0.6) is 5.75 Å². The van der Waals surface area contributed by atoms with Crippen molar-refractivity contribution in [1.29, 1.82) is 5.26 Å². The van der Waals surface area contributed by atoms with Gasteiger partial charge in [-0.2, -0.15) is 5.26 Å². The van der Waals surface area contributed by atoms with Gasteiger partial charge >= 0.3 is 0 Å². The van der Waals surface area contributed by atoms with Crippen molar-refractivity contribution in [1.82, 2.24) is 0 Å². The lowest BCUT2D eigenvalue weighted by molar-refractivity contribution is 0.0131. The molecule has 1 unspecified atom stereocenters. The molecule has 0 aromatic heterocycles. The first-order valence-electron chi connectivity index (χ1n) is 5.15. The predicted molar refractivity (Wildman–Crippen MR) is 59.0 cm³/mol. The summed E-state index contributed by atoms with van der Waals surface area (Å²) >= 11 is 0. The summed E-state index contributed by atoms with van der Waals surface area (Å²) < 4.78 is 23.5. The molecule has 0 fully saturated rings. The summed E-state index contributed by atoms with van der Waals surface area (Å²) in [6, 6.07) is 5.93. The van der Waals surface area contributed by atoms with E-state index in [4.69, 9.17) is 14.7 Å². The van der Waals surface area contributed by atoms with Gasteiger partial charge in [-0.25, -0.2) is 4.39 Å². The number of ether oxygens (including phenoxy) is 2. The smallest absolute Gasteiger partial charge is 0.124 e. The molecule has 1 aromatic rings. The Morgan fingerprint density at radius 2 is 2.29 bits per heavy atom. The van der Waals surface area contributed by atoms with Gasteiger partial charge in [0.05, 0.1) is 32.8 Å². The number of aliphatic hydroxyl groups excluding tert-OH is 1. The maximum Gasteiger partial charge on any atom is 0.124 e. The molecular weight excluding hydrogens is 225 g/mol. The van der Waals surface area contributed by atoms with Crippen LogP contribution < -0.4 is 4.74 Å². The summed E-state index contributed by atoms with van der Waals surface area (Å²) in [6.45, 7) is -0.118. The summed E-state index contributed by atoms with van der Waals surface area (Å²) in [6.07, 6.45) is -0.470. The third kappa shape index (κ3) is 3.70. The van der Waals surface area contributed by atoms with Crippen LogP contribution in [-0.2, 0) is 4.74 Å². The van der Waals surface area contributed by atoms with Crippen molar-refractivity contribution in [2.75, 3.05) is 20.3 Å². The molecule has 1 atom stereocenters. The van der Waals surface area contributed by atoms with Crippen molar-refractivity contribution >= 4 is 0 Å². The summed E-state index contributed by atoms with van der Waals surface area (Å²) in [4.78, 5) is 0. The van der Waals surface area contributed by atoms with Crippen LogP contribution in [0.3, 0.4) is 0 Å². The van der Waals surface area contributed by atoms with E-state index >= 15 is 0 Å². The van der Waals surface area contributed by atoms with Gasteiger partial charge in [0.1, 0.15) is 17.7 Å². The molecule has 92 valence electrons. The molecule has 0 bridgehead atoms. The minimum atomic E-state index is -0.686. The highest BCUT2D eigenvalue weighted by Crippen LogP contribution is 2.28. The molecule has 0 heterocycles. The number of benzene rings is 1. The average molecular weight is 239 g/mol. The second-order valence-electron chi connectivity index (χ2n) is 3.34. The van der Waals surface area contributed by atoms with E-state index in [1.165, 1.54) is 25.3 Å². The maximum absolute atomic E-state index is 13.1. The molecule has 1 aromatic carbocycles. The first-order valence-corrected chi connectivity index (χ1v) is 5.15. The number of methoxy groups -OCH3 is 1. The van der Waals surface area contributed by atoms with E-state index in [-0.39, 0.29) is 19.6 Å². The van der Waals surface area contributed by atoms with Gasteiger partial charge in [-0.3, -0.25) is 0 Å². The Morgan fingerprint density at radius 3 is 2.88 bits per heavy atom. The highest BCUT2D eigenvalue weighted by Gasteiger charge is 2.16. The third-order valence-electron chi connectivity index (χ3n) is 2.24. The molecule has 0 saturated carbocycles. The van der Waals surface area contributed by atoms with Crippen molar-refractivity contribution in [3.05, 3.63) is 29.6 Å². The normalized spacial score (nSPS) is 11.9. The van der Waals surface area contributed by atoms with Crippen LogP contribution in [0.15, 0.2) is 18.2 Å². The second kappa shape index (κ2) is 6.84. The number of rotatable bonds is 6. The van der Waals surface area contributed by atoms with Crippen molar-refractivity contribution in [3.63, 3.8) is 0 Å². The van der Waals surface area contributed by atoms with E-state index in [1.54, 1.807) is 0 Å². The standard InChI is InChI=1S/C12H14FNO3/c1-16-11-4-3-9(13)7-10(11)12(8-15)17-6-2-5-14/h3-4,7,12,15H,2,6,8H2,1H3. The van der Waals surface area contributed by atoms with Gasteiger partial charge in [-0.05, 0) is 18.2 Å². The molecular formula is C12H14FNO3. The molecule has 0 spiro atoms. The van der Waals surface area contributed by atoms with Crippen molar-refractivity contribution in [3.8, 4) is 11.8 Å². The van der Waals surface area contributed by atoms with Gasteiger partial charge in [0.2, 0.25) is 0 Å². The topological polar surface area (TPSA) is 62.5 Å². The van der Waals surface area contributed by atoms with Crippen LogP contribution in [0.25, 0.3) is 0 Å². The molecule has 0 aliphatic heterocycles. The quantitative estimate of drug-likeness (QED) is 0.769. The average Bonchev–Trinajstić information content (AvgIpc) is 2.35. The van der Waals surface area contributed by atoms with Gasteiger partial charge in [-0.15, -0.1) is 0 Å². The van der Waals surface area contributed by atoms with Crippen molar-refractivity contribution < 1.29 is 19.0 Å². The van der Waals surface area contributed by atoms with Crippen LogP contribution >= 0.6 is 0 Å². The Balaban J connectivity index is 2.86. The first kappa shape index (κ1) is 13.4. The highest BCUT2D eigenvalue weighted by atomic mass is 19.1. The first-order chi connectivity index (χ1) is 8.22. The van der Waals surface area contributed by atoms with Gasteiger partial charge in [-0.1, -0.05) is 0 Å². The Labute approximate surface area is 99.2 Å². The van der Waals surface area contributed by atoms with E-state index in [1.807, 2.05) is 6.07 Å². The predicted octanol–water partition coefficient (Wildman–Crippen LogP) is 1.80. The number of hydrogen-bond donors (Lipinski definition) is 1. The van der Waals surface area contributed by atoms with Crippen LogP contribution in [0.1, 0.15) is 18.1 Å². The summed E-state index contributed by atoms with van der Waals surface area (Å²) in [5.41, 5.74) is 0.438. The fraction of sp³-hybridized carbons (Fsp3) is 0.417. The molecule has 0 aliphatic rings. The molecule has 1 rings (SSSR count). The minimum absolute atomic E-state index is 0.182. The van der Waals surface area contributed by atoms with E-state index in [9.17, 15) is 9.50 Å². The number of aliphatic hydroxyl groups is 1. The molecule has 17 heavy (non-hydrogen) atoms. The maximum atomic E-state index is 13.1. The van der Waals surface area contributed by atoms with Crippen molar-refractivity contribution in [2.45, 2.75) is 12.5 Å². The van der Waals surface area contributed by atoms with Crippen LogP contribution in [0, 0.1) is 17.1 Å². The zero-order chi connectivity index (χ0) is 12.7. The number of halogens is 1. The molecule has 0 saturated heterocycles. The number of nitriles is 1. The Bertz CT molecular complexity index is 403. The monoisotopic (exact) mass is 239 g/mol. The molecule has 5 heteroatoms. The molecule has 4 nitrogen and oxygen atoms in total. The van der Waals surface area contributed by atoms with Crippen LogP contribution in [0.4, 0.5) is 4.39 Å². The lowest BCUT2D eigenvalue weighted by atomic mass is 10.1. The Morgan fingerprint density at radius 1 is 1.53 bits per heavy atom. The summed E-state index contributed by atoms with van der Waals surface area (Å²) in [5, 5.41) is 17.6. The second-order valence-corrected chi connectivity index (χ2v) is 3.34. The fourth-order valence-electron chi connectivity index (χ4n) is 1.44. The lowest BCUT2D eigenvalue weighted by Crippen LogP contribution is -2.11. The third-order valence-corrected chi connectivity index (χ3v) is 2.24. The van der Waals surface area contributed by atoms with E-state index < -0.39 is 11.9 Å². The van der Waals surface area contributed by atoms with E-state index in [2.05, 4.69) is 0 Å². The highest BCUT2D eigenvalue weighted by molar-refractivity contribution is 5.35. The summed E-state index contributed by atoms with van der Waals surface area (Å²) in [7, 11) is 1.46. The number of nitrogens with zero attached hydrogens (tertiary/aromatic N) is 1. The zero-order valence-corrected chi connectivity index (χ0v) is 9.52.